The molecule has 2 aromatic heterocycles. The van der Waals surface area contributed by atoms with Gasteiger partial charge in [-0.15, -0.1) is 0 Å². The van der Waals surface area contributed by atoms with Gasteiger partial charge in [-0.3, -0.25) is 0 Å². The molecule has 0 saturated carbocycles. The standard InChI is InChI=1S/C14H12N4/c1-18-9-13(17-10-18)12-7-15-14(16-8-12)11-5-3-2-4-6-11/h2-10H,1H3. The highest BCUT2D eigenvalue weighted by molar-refractivity contribution is 5.59. The third-order valence-electron chi connectivity index (χ3n) is 2.68. The van der Waals surface area contributed by atoms with Crippen LogP contribution in [0.15, 0.2) is 55.2 Å². The summed E-state index contributed by atoms with van der Waals surface area (Å²) in [6, 6.07) is 9.92. The molecule has 0 aliphatic rings. The van der Waals surface area contributed by atoms with Crippen molar-refractivity contribution in [1.29, 1.82) is 0 Å². The second kappa shape index (κ2) is 4.41. The van der Waals surface area contributed by atoms with Gasteiger partial charge in [0.2, 0.25) is 0 Å². The van der Waals surface area contributed by atoms with Crippen LogP contribution in [0.4, 0.5) is 0 Å². The van der Waals surface area contributed by atoms with Gasteiger partial charge in [0.05, 0.1) is 12.0 Å². The topological polar surface area (TPSA) is 43.6 Å². The highest BCUT2D eigenvalue weighted by Crippen LogP contribution is 2.18. The lowest BCUT2D eigenvalue weighted by molar-refractivity contribution is 0.913. The van der Waals surface area contributed by atoms with Crippen molar-refractivity contribution in [3.63, 3.8) is 0 Å². The van der Waals surface area contributed by atoms with Crippen molar-refractivity contribution >= 4 is 0 Å². The zero-order chi connectivity index (χ0) is 12.4. The van der Waals surface area contributed by atoms with E-state index in [9.17, 15) is 0 Å². The monoisotopic (exact) mass is 236 g/mol. The van der Waals surface area contributed by atoms with E-state index in [1.807, 2.05) is 48.1 Å². The van der Waals surface area contributed by atoms with Crippen LogP contribution in [0.25, 0.3) is 22.6 Å². The normalized spacial score (nSPS) is 10.5. The molecule has 1 aromatic carbocycles. The van der Waals surface area contributed by atoms with Crippen molar-refractivity contribution in [2.24, 2.45) is 7.05 Å². The summed E-state index contributed by atoms with van der Waals surface area (Å²) in [5, 5.41) is 0. The van der Waals surface area contributed by atoms with Gasteiger partial charge in [-0.05, 0) is 0 Å². The first kappa shape index (κ1) is 10.7. The maximum atomic E-state index is 4.37. The largest absolute Gasteiger partial charge is 0.340 e. The minimum atomic E-state index is 0.732. The third kappa shape index (κ3) is 2.00. The molecule has 0 amide bonds. The molecule has 0 radical (unpaired) electrons. The van der Waals surface area contributed by atoms with Gasteiger partial charge in [0.1, 0.15) is 0 Å². The molecule has 2 heterocycles. The van der Waals surface area contributed by atoms with Crippen LogP contribution in [-0.4, -0.2) is 19.5 Å². The number of imidazole rings is 1. The predicted molar refractivity (Wildman–Crippen MR) is 69.7 cm³/mol. The molecular weight excluding hydrogens is 224 g/mol. The smallest absolute Gasteiger partial charge is 0.159 e. The first-order chi connectivity index (χ1) is 8.83. The van der Waals surface area contributed by atoms with Crippen LogP contribution < -0.4 is 0 Å². The molecule has 18 heavy (non-hydrogen) atoms. The molecule has 0 N–H and O–H groups in total. The Labute approximate surface area is 105 Å². The van der Waals surface area contributed by atoms with E-state index < -0.39 is 0 Å². The zero-order valence-corrected chi connectivity index (χ0v) is 9.99. The Kier molecular flexibility index (Phi) is 2.61. The van der Waals surface area contributed by atoms with Crippen LogP contribution >= 0.6 is 0 Å². The number of aryl methyl sites for hydroxylation is 1. The Hall–Kier alpha value is -2.49. The summed E-state index contributed by atoms with van der Waals surface area (Å²) >= 11 is 0. The molecule has 0 unspecified atom stereocenters. The lowest BCUT2D eigenvalue weighted by atomic mass is 10.2. The highest BCUT2D eigenvalue weighted by atomic mass is 15.0. The first-order valence-electron chi connectivity index (χ1n) is 5.69. The maximum Gasteiger partial charge on any atom is 0.159 e. The number of rotatable bonds is 2. The number of aromatic nitrogens is 4. The van der Waals surface area contributed by atoms with Crippen LogP contribution in [0, 0.1) is 0 Å². The van der Waals surface area contributed by atoms with Gasteiger partial charge in [0.15, 0.2) is 5.82 Å². The van der Waals surface area contributed by atoms with E-state index in [4.69, 9.17) is 0 Å². The SMILES string of the molecule is Cn1cnc(-c2cnc(-c3ccccc3)nc2)c1. The minimum Gasteiger partial charge on any atom is -0.340 e. The fourth-order valence-corrected chi connectivity index (χ4v) is 1.76. The van der Waals surface area contributed by atoms with Crippen molar-refractivity contribution < 1.29 is 0 Å². The minimum absolute atomic E-state index is 0.732. The van der Waals surface area contributed by atoms with Gasteiger partial charge in [-0.2, -0.15) is 0 Å². The summed E-state index contributed by atoms with van der Waals surface area (Å²) in [6.45, 7) is 0. The summed E-state index contributed by atoms with van der Waals surface area (Å²) in [5.41, 5.74) is 2.83. The second-order valence-electron chi connectivity index (χ2n) is 4.09. The van der Waals surface area contributed by atoms with Crippen molar-refractivity contribution in [3.8, 4) is 22.6 Å². The number of hydrogen-bond donors (Lipinski definition) is 0. The zero-order valence-electron chi connectivity index (χ0n) is 9.99. The van der Waals surface area contributed by atoms with Gasteiger partial charge in [-0.1, -0.05) is 30.3 Å². The quantitative estimate of drug-likeness (QED) is 0.686. The Morgan fingerprint density at radius 2 is 1.61 bits per heavy atom. The second-order valence-corrected chi connectivity index (χ2v) is 4.09. The number of benzene rings is 1. The number of nitrogens with zero attached hydrogens (tertiary/aromatic N) is 4. The summed E-state index contributed by atoms with van der Waals surface area (Å²) in [6.07, 6.45) is 7.32. The molecule has 0 aliphatic carbocycles. The molecule has 0 saturated heterocycles. The van der Waals surface area contributed by atoms with Gasteiger partial charge < -0.3 is 4.57 Å². The molecule has 0 aliphatic heterocycles. The van der Waals surface area contributed by atoms with Crippen LogP contribution in [0.5, 0.6) is 0 Å². The Morgan fingerprint density at radius 3 is 2.22 bits per heavy atom. The van der Waals surface area contributed by atoms with Crippen molar-refractivity contribution in [2.45, 2.75) is 0 Å². The number of hydrogen-bond acceptors (Lipinski definition) is 3. The van der Waals surface area contributed by atoms with Crippen molar-refractivity contribution in [3.05, 3.63) is 55.2 Å². The van der Waals surface area contributed by atoms with E-state index >= 15 is 0 Å². The molecule has 4 nitrogen and oxygen atoms in total. The van der Waals surface area contributed by atoms with E-state index in [1.54, 1.807) is 18.7 Å². The van der Waals surface area contributed by atoms with Crippen LogP contribution in [0.2, 0.25) is 0 Å². The summed E-state index contributed by atoms with van der Waals surface area (Å²) in [7, 11) is 1.94. The van der Waals surface area contributed by atoms with Gasteiger partial charge >= 0.3 is 0 Å². The van der Waals surface area contributed by atoms with Crippen LogP contribution in [0.1, 0.15) is 0 Å². The van der Waals surface area contributed by atoms with E-state index in [-0.39, 0.29) is 0 Å². The summed E-state index contributed by atoms with van der Waals surface area (Å²) in [4.78, 5) is 13.0. The first-order valence-corrected chi connectivity index (χ1v) is 5.69. The summed E-state index contributed by atoms with van der Waals surface area (Å²) in [5.74, 6) is 0.732. The highest BCUT2D eigenvalue weighted by Gasteiger charge is 2.04. The van der Waals surface area contributed by atoms with Crippen LogP contribution in [0.3, 0.4) is 0 Å². The molecule has 3 aromatic rings. The molecule has 0 atom stereocenters. The Balaban J connectivity index is 1.94. The van der Waals surface area contributed by atoms with Gasteiger partial charge in [0, 0.05) is 36.8 Å². The van der Waals surface area contributed by atoms with E-state index in [0.717, 1.165) is 22.6 Å². The molecule has 0 bridgehead atoms. The lowest BCUT2D eigenvalue weighted by Crippen LogP contribution is -1.89. The van der Waals surface area contributed by atoms with Crippen molar-refractivity contribution in [1.82, 2.24) is 19.5 Å². The lowest BCUT2D eigenvalue weighted by Gasteiger charge is -2.00. The molecule has 4 heteroatoms. The average Bonchev–Trinajstić information content (AvgIpc) is 2.87. The predicted octanol–water partition coefficient (Wildman–Crippen LogP) is 2.54. The summed E-state index contributed by atoms with van der Waals surface area (Å²) < 4.78 is 1.90. The van der Waals surface area contributed by atoms with E-state index in [1.165, 1.54) is 0 Å². The Morgan fingerprint density at radius 1 is 0.889 bits per heavy atom. The molecule has 0 fully saturated rings. The van der Waals surface area contributed by atoms with Crippen LogP contribution in [-0.2, 0) is 7.05 Å². The molecule has 0 spiro atoms. The van der Waals surface area contributed by atoms with E-state index in [2.05, 4.69) is 15.0 Å². The van der Waals surface area contributed by atoms with Gasteiger partial charge in [-0.25, -0.2) is 15.0 Å². The fraction of sp³-hybridized carbons (Fsp3) is 0.0714. The molecular formula is C14H12N4. The third-order valence-corrected chi connectivity index (χ3v) is 2.68. The maximum absolute atomic E-state index is 4.37. The molecule has 3 rings (SSSR count). The van der Waals surface area contributed by atoms with Crippen molar-refractivity contribution in [2.75, 3.05) is 0 Å². The Bertz CT molecular complexity index is 641. The van der Waals surface area contributed by atoms with E-state index in [0.29, 0.717) is 0 Å². The fourth-order valence-electron chi connectivity index (χ4n) is 1.76. The molecule has 88 valence electrons. The van der Waals surface area contributed by atoms with Gasteiger partial charge in [0.25, 0.3) is 0 Å². The average molecular weight is 236 g/mol.